The molecule has 3 nitrogen and oxygen atoms in total. The third kappa shape index (κ3) is 1.64. The highest BCUT2D eigenvalue weighted by Gasteiger charge is 2.42. The lowest BCUT2D eigenvalue weighted by atomic mass is 9.98. The van der Waals surface area contributed by atoms with Gasteiger partial charge in [0.2, 0.25) is 0 Å². The summed E-state index contributed by atoms with van der Waals surface area (Å²) in [4.78, 5) is 0. The van der Waals surface area contributed by atoms with E-state index >= 15 is 0 Å². The van der Waals surface area contributed by atoms with Crippen LogP contribution in [0.4, 0.5) is 0 Å². The molecule has 0 aromatic rings. The topological polar surface area (TPSA) is 43.4 Å². The van der Waals surface area contributed by atoms with Gasteiger partial charge in [0.15, 0.2) is 0 Å². The molecule has 1 aliphatic rings. The highest BCUT2D eigenvalue weighted by atomic mass is 32.2. The molecular formula is C8H16O3S. The number of rotatable bonds is 2. The standard InChI is InChI=1S/C8H16O3S/c1-4-5-8-6(2)7(3)12(9,10)11-8/h6-8H,4-5H2,1-3H3. The lowest BCUT2D eigenvalue weighted by Crippen LogP contribution is -2.19. The van der Waals surface area contributed by atoms with Crippen molar-refractivity contribution in [3.05, 3.63) is 0 Å². The molecule has 3 unspecified atom stereocenters. The molecule has 12 heavy (non-hydrogen) atoms. The molecule has 0 radical (unpaired) electrons. The molecule has 0 N–H and O–H groups in total. The van der Waals surface area contributed by atoms with Crippen molar-refractivity contribution in [1.29, 1.82) is 0 Å². The zero-order valence-electron chi connectivity index (χ0n) is 7.78. The molecule has 0 aromatic heterocycles. The van der Waals surface area contributed by atoms with Gasteiger partial charge in [0, 0.05) is 5.92 Å². The molecule has 0 saturated carbocycles. The van der Waals surface area contributed by atoms with Crippen molar-refractivity contribution in [1.82, 2.24) is 0 Å². The molecule has 1 rings (SSSR count). The second-order valence-corrected chi connectivity index (χ2v) is 5.40. The molecule has 0 aliphatic carbocycles. The second kappa shape index (κ2) is 3.34. The molecule has 4 heteroatoms. The van der Waals surface area contributed by atoms with E-state index in [1.54, 1.807) is 6.92 Å². The highest BCUT2D eigenvalue weighted by molar-refractivity contribution is 7.87. The van der Waals surface area contributed by atoms with Crippen molar-refractivity contribution in [3.8, 4) is 0 Å². The highest BCUT2D eigenvalue weighted by Crippen LogP contribution is 2.31. The summed E-state index contributed by atoms with van der Waals surface area (Å²) in [6.07, 6.45) is 1.72. The minimum Gasteiger partial charge on any atom is -0.266 e. The average Bonchev–Trinajstić information content (AvgIpc) is 2.16. The van der Waals surface area contributed by atoms with E-state index in [0.717, 1.165) is 12.8 Å². The fraction of sp³-hybridized carbons (Fsp3) is 1.00. The van der Waals surface area contributed by atoms with Crippen molar-refractivity contribution < 1.29 is 12.6 Å². The maximum absolute atomic E-state index is 11.2. The average molecular weight is 192 g/mol. The first-order valence-corrected chi connectivity index (χ1v) is 5.88. The van der Waals surface area contributed by atoms with Crippen LogP contribution < -0.4 is 0 Å². The van der Waals surface area contributed by atoms with Gasteiger partial charge in [0.05, 0.1) is 11.4 Å². The van der Waals surface area contributed by atoms with E-state index in [4.69, 9.17) is 4.18 Å². The van der Waals surface area contributed by atoms with Gasteiger partial charge in [-0.2, -0.15) is 8.42 Å². The van der Waals surface area contributed by atoms with Crippen LogP contribution in [0.15, 0.2) is 0 Å². The van der Waals surface area contributed by atoms with Crippen LogP contribution in [0.3, 0.4) is 0 Å². The summed E-state index contributed by atoms with van der Waals surface area (Å²) in [6, 6.07) is 0. The zero-order chi connectivity index (χ0) is 9.35. The van der Waals surface area contributed by atoms with Crippen LogP contribution in [0.25, 0.3) is 0 Å². The number of hydrogen-bond donors (Lipinski definition) is 0. The second-order valence-electron chi connectivity index (χ2n) is 3.48. The molecule has 1 fully saturated rings. The van der Waals surface area contributed by atoms with Crippen LogP contribution >= 0.6 is 0 Å². The van der Waals surface area contributed by atoms with Crippen molar-refractivity contribution in [2.45, 2.75) is 45.0 Å². The Morgan fingerprint density at radius 1 is 1.33 bits per heavy atom. The maximum atomic E-state index is 11.2. The Hall–Kier alpha value is -0.0900. The van der Waals surface area contributed by atoms with E-state index in [1.165, 1.54) is 0 Å². The molecule has 1 saturated heterocycles. The summed E-state index contributed by atoms with van der Waals surface area (Å²) >= 11 is 0. The quantitative estimate of drug-likeness (QED) is 0.623. The molecule has 1 aliphatic heterocycles. The van der Waals surface area contributed by atoms with Gasteiger partial charge in [0.25, 0.3) is 10.1 Å². The third-order valence-corrected chi connectivity index (χ3v) is 4.47. The number of hydrogen-bond acceptors (Lipinski definition) is 3. The molecule has 3 atom stereocenters. The Morgan fingerprint density at radius 2 is 1.92 bits per heavy atom. The van der Waals surface area contributed by atoms with Gasteiger partial charge in [-0.1, -0.05) is 20.3 Å². The van der Waals surface area contributed by atoms with Crippen molar-refractivity contribution >= 4 is 10.1 Å². The fourth-order valence-electron chi connectivity index (χ4n) is 1.51. The van der Waals surface area contributed by atoms with Crippen LogP contribution in [0.5, 0.6) is 0 Å². The first-order valence-electron chi connectivity index (χ1n) is 4.41. The first-order chi connectivity index (χ1) is 5.49. The molecule has 0 bridgehead atoms. The minimum absolute atomic E-state index is 0.0880. The van der Waals surface area contributed by atoms with Crippen LogP contribution in [0, 0.1) is 5.92 Å². The van der Waals surface area contributed by atoms with Gasteiger partial charge in [-0.3, -0.25) is 4.18 Å². The summed E-state index contributed by atoms with van der Waals surface area (Å²) in [5.41, 5.74) is 0. The molecule has 1 heterocycles. The van der Waals surface area contributed by atoms with Gasteiger partial charge < -0.3 is 0 Å². The summed E-state index contributed by atoms with van der Waals surface area (Å²) in [6.45, 7) is 5.69. The van der Waals surface area contributed by atoms with Gasteiger partial charge in [0.1, 0.15) is 0 Å². The molecule has 0 amide bonds. The Bertz CT molecular complexity index is 245. The van der Waals surface area contributed by atoms with E-state index in [1.807, 2.05) is 13.8 Å². The smallest absolute Gasteiger partial charge is 0.266 e. The summed E-state index contributed by atoms with van der Waals surface area (Å²) < 4.78 is 27.5. The van der Waals surface area contributed by atoms with E-state index < -0.39 is 10.1 Å². The SMILES string of the molecule is CCCC1OS(=O)(=O)C(C)C1C. The van der Waals surface area contributed by atoms with Crippen molar-refractivity contribution in [3.63, 3.8) is 0 Å². The van der Waals surface area contributed by atoms with Crippen LogP contribution in [-0.4, -0.2) is 19.8 Å². The van der Waals surface area contributed by atoms with E-state index in [9.17, 15) is 8.42 Å². The Labute approximate surface area is 74.2 Å². The Morgan fingerprint density at radius 3 is 2.25 bits per heavy atom. The van der Waals surface area contributed by atoms with Crippen molar-refractivity contribution in [2.24, 2.45) is 5.92 Å². The van der Waals surface area contributed by atoms with E-state index in [-0.39, 0.29) is 17.3 Å². The molecule has 0 spiro atoms. The van der Waals surface area contributed by atoms with Gasteiger partial charge in [-0.15, -0.1) is 0 Å². The van der Waals surface area contributed by atoms with Crippen LogP contribution in [0.1, 0.15) is 33.6 Å². The third-order valence-electron chi connectivity index (χ3n) is 2.61. The lowest BCUT2D eigenvalue weighted by molar-refractivity contribution is 0.180. The van der Waals surface area contributed by atoms with E-state index in [0.29, 0.717) is 0 Å². The first kappa shape index (κ1) is 9.99. The minimum atomic E-state index is -3.25. The largest absolute Gasteiger partial charge is 0.270 e. The Kier molecular flexibility index (Phi) is 2.78. The molecule has 72 valence electrons. The summed E-state index contributed by atoms with van der Waals surface area (Å²) in [5, 5.41) is -0.339. The maximum Gasteiger partial charge on any atom is 0.270 e. The molecular weight excluding hydrogens is 176 g/mol. The molecule has 0 aromatic carbocycles. The predicted molar refractivity (Wildman–Crippen MR) is 47.3 cm³/mol. The lowest BCUT2D eigenvalue weighted by Gasteiger charge is -2.11. The summed E-state index contributed by atoms with van der Waals surface area (Å²) in [7, 11) is -3.25. The normalized spacial score (nSPS) is 40.1. The fourth-order valence-corrected chi connectivity index (χ4v) is 3.00. The van der Waals surface area contributed by atoms with E-state index in [2.05, 4.69) is 0 Å². The zero-order valence-corrected chi connectivity index (χ0v) is 8.60. The van der Waals surface area contributed by atoms with Gasteiger partial charge >= 0.3 is 0 Å². The van der Waals surface area contributed by atoms with Crippen molar-refractivity contribution in [2.75, 3.05) is 0 Å². The Balaban J connectivity index is 2.74. The van der Waals surface area contributed by atoms with Gasteiger partial charge in [-0.25, -0.2) is 0 Å². The van der Waals surface area contributed by atoms with Gasteiger partial charge in [-0.05, 0) is 13.3 Å². The van der Waals surface area contributed by atoms with Crippen LogP contribution in [-0.2, 0) is 14.3 Å². The van der Waals surface area contributed by atoms with Crippen LogP contribution in [0.2, 0.25) is 0 Å². The predicted octanol–water partition coefficient (Wildman–Crippen LogP) is 1.54. The summed E-state index contributed by atoms with van der Waals surface area (Å²) in [5.74, 6) is 0.134. The monoisotopic (exact) mass is 192 g/mol.